The SMILES string of the molecule is CCC(CNC(=O)N1CCN(C(C)(C)C)CC1)C(=O)O. The Morgan fingerprint density at radius 1 is 1.20 bits per heavy atom. The van der Waals surface area contributed by atoms with Crippen LogP contribution < -0.4 is 5.32 Å². The molecule has 0 aromatic carbocycles. The summed E-state index contributed by atoms with van der Waals surface area (Å²) in [6, 6.07) is -0.154. The van der Waals surface area contributed by atoms with Crippen LogP contribution in [0.15, 0.2) is 0 Å². The Morgan fingerprint density at radius 3 is 2.15 bits per heavy atom. The number of hydrogen-bond donors (Lipinski definition) is 2. The first-order valence-corrected chi connectivity index (χ1v) is 7.26. The van der Waals surface area contributed by atoms with Gasteiger partial charge in [0.15, 0.2) is 0 Å². The van der Waals surface area contributed by atoms with Crippen LogP contribution >= 0.6 is 0 Å². The van der Waals surface area contributed by atoms with Gasteiger partial charge in [0.25, 0.3) is 0 Å². The van der Waals surface area contributed by atoms with E-state index in [9.17, 15) is 9.59 Å². The Kier molecular flexibility index (Phi) is 5.80. The lowest BCUT2D eigenvalue weighted by molar-refractivity contribution is -0.141. The van der Waals surface area contributed by atoms with Crippen molar-refractivity contribution < 1.29 is 14.7 Å². The molecular weight excluding hydrogens is 258 g/mol. The van der Waals surface area contributed by atoms with E-state index in [0.717, 1.165) is 13.1 Å². The highest BCUT2D eigenvalue weighted by molar-refractivity contribution is 5.76. The van der Waals surface area contributed by atoms with Crippen LogP contribution in [0.3, 0.4) is 0 Å². The largest absolute Gasteiger partial charge is 0.481 e. The fourth-order valence-corrected chi connectivity index (χ4v) is 2.31. The standard InChI is InChI=1S/C14H27N3O3/c1-5-11(12(18)19)10-15-13(20)16-6-8-17(9-7-16)14(2,3)4/h11H,5-10H2,1-4H3,(H,15,20)(H,18,19). The highest BCUT2D eigenvalue weighted by Crippen LogP contribution is 2.15. The summed E-state index contributed by atoms with van der Waals surface area (Å²) in [6.45, 7) is 11.6. The molecule has 0 radical (unpaired) electrons. The van der Waals surface area contributed by atoms with Crippen LogP contribution in [0.5, 0.6) is 0 Å². The fourth-order valence-electron chi connectivity index (χ4n) is 2.31. The van der Waals surface area contributed by atoms with Crippen molar-refractivity contribution >= 4 is 12.0 Å². The van der Waals surface area contributed by atoms with Gasteiger partial charge in [-0.25, -0.2) is 4.79 Å². The van der Waals surface area contributed by atoms with Crippen LogP contribution in [0, 0.1) is 5.92 Å². The maximum absolute atomic E-state index is 12.0. The van der Waals surface area contributed by atoms with Gasteiger partial charge in [0, 0.05) is 38.3 Å². The van der Waals surface area contributed by atoms with E-state index >= 15 is 0 Å². The Bertz CT molecular complexity index is 344. The van der Waals surface area contributed by atoms with Gasteiger partial charge in [-0.3, -0.25) is 9.69 Å². The molecule has 1 aliphatic rings. The molecule has 1 fully saturated rings. The lowest BCUT2D eigenvalue weighted by Gasteiger charge is -2.42. The molecule has 0 saturated carbocycles. The normalized spacial score (nSPS) is 18.7. The zero-order valence-electron chi connectivity index (χ0n) is 13.0. The number of nitrogens with one attached hydrogen (secondary N) is 1. The number of amides is 2. The van der Waals surface area contributed by atoms with E-state index in [1.54, 1.807) is 4.90 Å². The minimum absolute atomic E-state index is 0.124. The molecular formula is C14H27N3O3. The van der Waals surface area contributed by atoms with Gasteiger partial charge >= 0.3 is 12.0 Å². The summed E-state index contributed by atoms with van der Waals surface area (Å²) in [5.74, 6) is -1.36. The number of rotatable bonds is 4. The van der Waals surface area contributed by atoms with Crippen molar-refractivity contribution in [3.63, 3.8) is 0 Å². The van der Waals surface area contributed by atoms with Gasteiger partial charge in [0.1, 0.15) is 0 Å². The number of carbonyl (C=O) groups excluding carboxylic acids is 1. The predicted octanol–water partition coefficient (Wildman–Crippen LogP) is 1.22. The molecule has 1 saturated heterocycles. The maximum atomic E-state index is 12.0. The molecule has 0 bridgehead atoms. The van der Waals surface area contributed by atoms with Crippen LogP contribution in [-0.2, 0) is 4.79 Å². The molecule has 1 heterocycles. The number of carboxylic acids is 1. The van der Waals surface area contributed by atoms with E-state index in [0.29, 0.717) is 19.5 Å². The third-order valence-electron chi connectivity index (χ3n) is 3.86. The second-order valence-corrected chi connectivity index (χ2v) is 6.27. The molecule has 1 atom stereocenters. The highest BCUT2D eigenvalue weighted by atomic mass is 16.4. The van der Waals surface area contributed by atoms with Crippen molar-refractivity contribution in [3.8, 4) is 0 Å². The average Bonchev–Trinajstić information content (AvgIpc) is 2.38. The van der Waals surface area contributed by atoms with E-state index in [2.05, 4.69) is 31.0 Å². The third-order valence-corrected chi connectivity index (χ3v) is 3.86. The zero-order valence-corrected chi connectivity index (χ0v) is 13.0. The van der Waals surface area contributed by atoms with Crippen LogP contribution in [0.1, 0.15) is 34.1 Å². The van der Waals surface area contributed by atoms with Gasteiger partial charge in [0.2, 0.25) is 0 Å². The summed E-state index contributed by atoms with van der Waals surface area (Å²) in [6.07, 6.45) is 0.521. The molecule has 2 N–H and O–H groups in total. The van der Waals surface area contributed by atoms with Crippen LogP contribution in [0.2, 0.25) is 0 Å². The number of hydrogen-bond acceptors (Lipinski definition) is 3. The Labute approximate surface area is 121 Å². The summed E-state index contributed by atoms with van der Waals surface area (Å²) in [5.41, 5.74) is 0.124. The summed E-state index contributed by atoms with van der Waals surface area (Å²) in [7, 11) is 0. The molecule has 0 spiro atoms. The molecule has 0 aliphatic carbocycles. The van der Waals surface area contributed by atoms with Gasteiger partial charge in [-0.15, -0.1) is 0 Å². The lowest BCUT2D eigenvalue weighted by Crippen LogP contribution is -2.56. The van der Waals surface area contributed by atoms with Gasteiger partial charge < -0.3 is 15.3 Å². The van der Waals surface area contributed by atoms with Gasteiger partial charge in [0.05, 0.1) is 5.92 Å². The zero-order chi connectivity index (χ0) is 15.3. The van der Waals surface area contributed by atoms with Gasteiger partial charge in [-0.05, 0) is 27.2 Å². The molecule has 2 amide bonds. The Balaban J connectivity index is 2.38. The summed E-state index contributed by atoms with van der Waals surface area (Å²) < 4.78 is 0. The smallest absolute Gasteiger partial charge is 0.317 e. The first-order chi connectivity index (χ1) is 9.25. The minimum atomic E-state index is -0.856. The van der Waals surface area contributed by atoms with Crippen molar-refractivity contribution in [2.45, 2.75) is 39.7 Å². The average molecular weight is 285 g/mol. The van der Waals surface area contributed by atoms with Crippen LogP contribution in [0.25, 0.3) is 0 Å². The number of nitrogens with zero attached hydrogens (tertiary/aromatic N) is 2. The van der Waals surface area contributed by atoms with Crippen molar-refractivity contribution in [3.05, 3.63) is 0 Å². The van der Waals surface area contributed by atoms with Gasteiger partial charge in [-0.1, -0.05) is 6.92 Å². The van der Waals surface area contributed by atoms with E-state index < -0.39 is 11.9 Å². The Morgan fingerprint density at radius 2 is 1.75 bits per heavy atom. The maximum Gasteiger partial charge on any atom is 0.317 e. The molecule has 0 aromatic heterocycles. The summed E-state index contributed by atoms with van der Waals surface area (Å²) in [5, 5.41) is 11.7. The predicted molar refractivity (Wildman–Crippen MR) is 77.7 cm³/mol. The number of urea groups is 1. The third kappa shape index (κ3) is 4.67. The monoisotopic (exact) mass is 285 g/mol. The first-order valence-electron chi connectivity index (χ1n) is 7.26. The van der Waals surface area contributed by atoms with Crippen molar-refractivity contribution in [2.24, 2.45) is 5.92 Å². The lowest BCUT2D eigenvalue weighted by atomic mass is 10.1. The first kappa shape index (κ1) is 16.8. The molecule has 6 nitrogen and oxygen atoms in total. The number of carboxylic acid groups (broad SMARTS) is 1. The van der Waals surface area contributed by atoms with Gasteiger partial charge in [-0.2, -0.15) is 0 Å². The molecule has 0 aromatic rings. The van der Waals surface area contributed by atoms with E-state index in [-0.39, 0.29) is 18.1 Å². The Hall–Kier alpha value is -1.30. The second kappa shape index (κ2) is 6.92. The van der Waals surface area contributed by atoms with Crippen molar-refractivity contribution in [1.29, 1.82) is 0 Å². The topological polar surface area (TPSA) is 72.9 Å². The molecule has 1 unspecified atom stereocenters. The van der Waals surface area contributed by atoms with E-state index in [1.807, 2.05) is 6.92 Å². The van der Waals surface area contributed by atoms with Crippen molar-refractivity contribution in [1.82, 2.24) is 15.1 Å². The molecule has 6 heteroatoms. The number of carbonyl (C=O) groups is 2. The van der Waals surface area contributed by atoms with Crippen LogP contribution in [0.4, 0.5) is 4.79 Å². The number of piperazine rings is 1. The number of aliphatic carboxylic acids is 1. The van der Waals surface area contributed by atoms with E-state index in [1.165, 1.54) is 0 Å². The molecule has 116 valence electrons. The quantitative estimate of drug-likeness (QED) is 0.814. The second-order valence-electron chi connectivity index (χ2n) is 6.27. The van der Waals surface area contributed by atoms with Crippen LogP contribution in [-0.4, -0.2) is 65.2 Å². The van der Waals surface area contributed by atoms with E-state index in [4.69, 9.17) is 5.11 Å². The molecule has 1 aliphatic heterocycles. The summed E-state index contributed by atoms with van der Waals surface area (Å²) >= 11 is 0. The van der Waals surface area contributed by atoms with Crippen molar-refractivity contribution in [2.75, 3.05) is 32.7 Å². The highest BCUT2D eigenvalue weighted by Gasteiger charge is 2.28. The summed E-state index contributed by atoms with van der Waals surface area (Å²) in [4.78, 5) is 27.0. The molecule has 1 rings (SSSR count). The minimum Gasteiger partial charge on any atom is -0.481 e. The molecule has 20 heavy (non-hydrogen) atoms. The fraction of sp³-hybridized carbons (Fsp3) is 0.857.